The van der Waals surface area contributed by atoms with Crippen LogP contribution in [0.5, 0.6) is 0 Å². The van der Waals surface area contributed by atoms with E-state index in [0.717, 1.165) is 12.2 Å². The highest BCUT2D eigenvalue weighted by Crippen LogP contribution is 2.19. The lowest BCUT2D eigenvalue weighted by atomic mass is 10.2. The lowest BCUT2D eigenvalue weighted by molar-refractivity contribution is 0.241. The molecule has 0 unspecified atom stereocenters. The molecule has 4 nitrogen and oxygen atoms in total. The molecule has 19 heavy (non-hydrogen) atoms. The van der Waals surface area contributed by atoms with Crippen LogP contribution >= 0.6 is 0 Å². The predicted molar refractivity (Wildman–Crippen MR) is 76.7 cm³/mol. The Labute approximate surface area is 115 Å². The molecule has 4 heteroatoms. The van der Waals surface area contributed by atoms with Crippen LogP contribution in [0.2, 0.25) is 0 Å². The molecule has 0 radical (unpaired) electrons. The molecule has 0 saturated carbocycles. The van der Waals surface area contributed by atoms with Gasteiger partial charge in [-0.1, -0.05) is 6.07 Å². The maximum absolute atomic E-state index is 4.42. The minimum absolute atomic E-state index is 0.289. The summed E-state index contributed by atoms with van der Waals surface area (Å²) in [5.74, 6) is 0. The summed E-state index contributed by atoms with van der Waals surface area (Å²) in [5, 5.41) is 0. The summed E-state index contributed by atoms with van der Waals surface area (Å²) in [7, 11) is 2.12. The van der Waals surface area contributed by atoms with Crippen molar-refractivity contribution in [3.8, 4) is 0 Å². The molecule has 2 rings (SSSR count). The summed E-state index contributed by atoms with van der Waals surface area (Å²) >= 11 is 0. The van der Waals surface area contributed by atoms with E-state index in [4.69, 9.17) is 0 Å². The fourth-order valence-electron chi connectivity index (χ4n) is 2.16. The van der Waals surface area contributed by atoms with Gasteiger partial charge in [0.1, 0.15) is 0 Å². The van der Waals surface area contributed by atoms with E-state index in [-0.39, 0.29) is 6.04 Å². The smallest absolute Gasteiger partial charge is 0.0951 e. The summed E-state index contributed by atoms with van der Waals surface area (Å²) < 4.78 is 2.21. The fraction of sp³-hybridized carbons (Fsp3) is 0.467. The van der Waals surface area contributed by atoms with Crippen molar-refractivity contribution in [2.75, 3.05) is 7.05 Å². The molecule has 2 aromatic rings. The molecule has 0 aromatic carbocycles. The zero-order valence-electron chi connectivity index (χ0n) is 12.1. The number of hydrogen-bond acceptors (Lipinski definition) is 3. The quantitative estimate of drug-likeness (QED) is 0.826. The molecule has 0 aliphatic rings. The van der Waals surface area contributed by atoms with E-state index in [9.17, 15) is 0 Å². The second-order valence-electron chi connectivity index (χ2n) is 5.23. The van der Waals surface area contributed by atoms with Crippen LogP contribution in [0.1, 0.15) is 44.2 Å². The summed E-state index contributed by atoms with van der Waals surface area (Å²) in [6.07, 6.45) is 5.69. The van der Waals surface area contributed by atoms with Crippen molar-refractivity contribution in [1.82, 2.24) is 19.4 Å². The van der Waals surface area contributed by atoms with Gasteiger partial charge < -0.3 is 4.57 Å². The molecule has 2 heterocycles. The maximum Gasteiger partial charge on any atom is 0.0951 e. The predicted octanol–water partition coefficient (Wildman–Crippen LogP) is 3.05. The van der Waals surface area contributed by atoms with Gasteiger partial charge in [-0.3, -0.25) is 9.88 Å². The third-order valence-corrected chi connectivity index (χ3v) is 3.49. The lowest BCUT2D eigenvalue weighted by Crippen LogP contribution is -2.24. The fourth-order valence-corrected chi connectivity index (χ4v) is 2.16. The van der Waals surface area contributed by atoms with Crippen LogP contribution in [0.3, 0.4) is 0 Å². The number of hydrogen-bond donors (Lipinski definition) is 0. The summed E-state index contributed by atoms with van der Waals surface area (Å²) in [5.41, 5.74) is 2.33. The molecule has 0 spiro atoms. The molecule has 102 valence electrons. The maximum atomic E-state index is 4.42. The summed E-state index contributed by atoms with van der Waals surface area (Å²) in [6, 6.07) is 6.78. The normalized spacial score (nSPS) is 13.2. The zero-order chi connectivity index (χ0) is 13.8. The summed E-state index contributed by atoms with van der Waals surface area (Å²) in [6.45, 7) is 7.40. The van der Waals surface area contributed by atoms with Gasteiger partial charge in [0.2, 0.25) is 0 Å². The second kappa shape index (κ2) is 5.97. The van der Waals surface area contributed by atoms with Gasteiger partial charge in [0, 0.05) is 31.0 Å². The molecule has 0 fully saturated rings. The van der Waals surface area contributed by atoms with E-state index in [1.165, 1.54) is 5.69 Å². The number of rotatable bonds is 5. The first-order chi connectivity index (χ1) is 9.09. The Morgan fingerprint density at radius 3 is 2.68 bits per heavy atom. The molecule has 2 aromatic heterocycles. The standard InChI is InChI=1S/C15H22N4/c1-12(2)19-11-16-9-14(19)10-18(4)13(3)15-7-5-6-8-17-15/h5-9,11-13H,10H2,1-4H3/t13-/m1/s1. The highest BCUT2D eigenvalue weighted by molar-refractivity contribution is 5.09. The minimum atomic E-state index is 0.289. The molecule has 0 amide bonds. The van der Waals surface area contributed by atoms with Gasteiger partial charge in [-0.05, 0) is 40.0 Å². The topological polar surface area (TPSA) is 34.0 Å². The van der Waals surface area contributed by atoms with Crippen molar-refractivity contribution in [1.29, 1.82) is 0 Å². The Hall–Kier alpha value is -1.68. The van der Waals surface area contributed by atoms with Crippen LogP contribution in [0.4, 0.5) is 0 Å². The van der Waals surface area contributed by atoms with Crippen LogP contribution in [0.15, 0.2) is 36.9 Å². The van der Waals surface area contributed by atoms with E-state index in [0.29, 0.717) is 6.04 Å². The van der Waals surface area contributed by atoms with E-state index < -0.39 is 0 Å². The van der Waals surface area contributed by atoms with Crippen molar-refractivity contribution in [3.63, 3.8) is 0 Å². The first-order valence-corrected chi connectivity index (χ1v) is 6.71. The highest BCUT2D eigenvalue weighted by atomic mass is 15.2. The molecule has 0 N–H and O–H groups in total. The van der Waals surface area contributed by atoms with Crippen LogP contribution in [-0.2, 0) is 6.54 Å². The highest BCUT2D eigenvalue weighted by Gasteiger charge is 2.15. The first-order valence-electron chi connectivity index (χ1n) is 6.71. The monoisotopic (exact) mass is 258 g/mol. The lowest BCUT2D eigenvalue weighted by Gasteiger charge is -2.25. The van der Waals surface area contributed by atoms with Crippen LogP contribution < -0.4 is 0 Å². The van der Waals surface area contributed by atoms with E-state index in [2.05, 4.69) is 53.3 Å². The molecule has 0 aliphatic heterocycles. The van der Waals surface area contributed by atoms with Gasteiger partial charge >= 0.3 is 0 Å². The first kappa shape index (κ1) is 13.7. The zero-order valence-corrected chi connectivity index (χ0v) is 12.1. The Balaban J connectivity index is 2.08. The van der Waals surface area contributed by atoms with Crippen molar-refractivity contribution in [2.45, 2.75) is 39.4 Å². The Kier molecular flexibility index (Phi) is 4.32. The molecular formula is C15H22N4. The van der Waals surface area contributed by atoms with Crippen LogP contribution in [0.25, 0.3) is 0 Å². The van der Waals surface area contributed by atoms with Gasteiger partial charge in [0.15, 0.2) is 0 Å². The van der Waals surface area contributed by atoms with E-state index in [1.54, 1.807) is 0 Å². The average Bonchev–Trinajstić information content (AvgIpc) is 2.87. The SMILES string of the molecule is CC(C)n1cncc1CN(C)[C@H](C)c1ccccn1. The molecule has 0 bridgehead atoms. The van der Waals surface area contributed by atoms with Crippen LogP contribution in [0, 0.1) is 0 Å². The Morgan fingerprint density at radius 2 is 2.05 bits per heavy atom. The largest absolute Gasteiger partial charge is 0.331 e. The van der Waals surface area contributed by atoms with Gasteiger partial charge in [-0.25, -0.2) is 4.98 Å². The number of imidazole rings is 1. The van der Waals surface area contributed by atoms with E-state index in [1.807, 2.05) is 30.9 Å². The van der Waals surface area contributed by atoms with Gasteiger partial charge in [0.05, 0.1) is 17.7 Å². The van der Waals surface area contributed by atoms with Crippen molar-refractivity contribution < 1.29 is 0 Å². The second-order valence-corrected chi connectivity index (χ2v) is 5.23. The third-order valence-electron chi connectivity index (χ3n) is 3.49. The molecule has 0 saturated heterocycles. The number of aromatic nitrogens is 3. The molecule has 1 atom stereocenters. The minimum Gasteiger partial charge on any atom is -0.331 e. The van der Waals surface area contributed by atoms with Crippen LogP contribution in [-0.4, -0.2) is 26.5 Å². The van der Waals surface area contributed by atoms with Crippen molar-refractivity contribution in [3.05, 3.63) is 48.3 Å². The average molecular weight is 258 g/mol. The number of pyridine rings is 1. The van der Waals surface area contributed by atoms with Gasteiger partial charge in [-0.15, -0.1) is 0 Å². The molecule has 0 aliphatic carbocycles. The molecular weight excluding hydrogens is 236 g/mol. The van der Waals surface area contributed by atoms with Crippen molar-refractivity contribution >= 4 is 0 Å². The number of nitrogens with zero attached hydrogens (tertiary/aromatic N) is 4. The Bertz CT molecular complexity index is 504. The van der Waals surface area contributed by atoms with Gasteiger partial charge in [0.25, 0.3) is 0 Å². The van der Waals surface area contributed by atoms with E-state index >= 15 is 0 Å². The third kappa shape index (κ3) is 3.20. The Morgan fingerprint density at radius 1 is 1.26 bits per heavy atom. The summed E-state index contributed by atoms with van der Waals surface area (Å²) in [4.78, 5) is 11.0. The van der Waals surface area contributed by atoms with Crippen molar-refractivity contribution in [2.24, 2.45) is 0 Å². The van der Waals surface area contributed by atoms with Gasteiger partial charge in [-0.2, -0.15) is 0 Å².